The summed E-state index contributed by atoms with van der Waals surface area (Å²) in [5, 5.41) is 0. The van der Waals surface area contributed by atoms with E-state index in [-0.39, 0.29) is 5.48 Å². The fraction of sp³-hybridized carbons (Fsp3) is 0.250. The van der Waals surface area contributed by atoms with Gasteiger partial charge >= 0.3 is 0 Å². The quantitative estimate of drug-likeness (QED) is 0.369. The lowest BCUT2D eigenvalue weighted by Crippen LogP contribution is -1.50. The molecule has 0 aromatic heterocycles. The molecule has 0 spiro atoms. The van der Waals surface area contributed by atoms with Gasteiger partial charge in [-0.05, 0) is 13.0 Å². The molecule has 0 aliphatic carbocycles. The van der Waals surface area contributed by atoms with Gasteiger partial charge in [-0.2, -0.15) is 0 Å². The van der Waals surface area contributed by atoms with E-state index in [2.05, 4.69) is 0 Å². The van der Waals surface area contributed by atoms with E-state index in [1.807, 2.05) is 0 Å². The Balaban J connectivity index is 0. The van der Waals surface area contributed by atoms with Gasteiger partial charge in [-0.25, -0.2) is 0 Å². The predicted octanol–water partition coefficient (Wildman–Crippen LogP) is 0.585. The summed E-state index contributed by atoms with van der Waals surface area (Å²) in [5.74, 6) is 0. The molecule has 0 amide bonds. The lowest BCUT2D eigenvalue weighted by molar-refractivity contribution is -0.104. The fourth-order valence-electron chi connectivity index (χ4n) is 0.0786. The van der Waals surface area contributed by atoms with Crippen molar-refractivity contribution < 1.29 is 10.3 Å². The number of allylic oxidation sites excluding steroid dienone is 2. The van der Waals surface area contributed by atoms with Gasteiger partial charge in [0.1, 0.15) is 6.29 Å². The normalized spacial score (nSPS) is 7.50. The molecule has 6 heavy (non-hydrogen) atoms. The molecule has 0 aliphatic heterocycles. The molecule has 0 rings (SSSR count). The van der Waals surface area contributed by atoms with Gasteiger partial charge in [0.05, 0.1) is 0 Å². The van der Waals surface area contributed by atoms with Crippen LogP contribution in [0.4, 0.5) is 0 Å². The number of hydrogen-bond donors (Lipinski definition) is 1. The van der Waals surface area contributed by atoms with Crippen LogP contribution in [0.5, 0.6) is 0 Å². The average Bonchev–Trinajstić information content (AvgIpc) is 1.41. The molecule has 0 heterocycles. The summed E-state index contributed by atoms with van der Waals surface area (Å²) in [6, 6.07) is 0. The number of carbonyl (C=O) groups excluding carboxylic acids is 1. The van der Waals surface area contributed by atoms with E-state index in [4.69, 9.17) is 0 Å². The second-order valence-corrected chi connectivity index (χ2v) is 0.662. The predicted molar refractivity (Wildman–Crippen MR) is 22.8 cm³/mol. The fourth-order valence-corrected chi connectivity index (χ4v) is 0.0786. The molecule has 0 atom stereocenters. The van der Waals surface area contributed by atoms with Crippen LogP contribution in [0, 0.1) is 0 Å². The Morgan fingerprint density at radius 1 is 1.50 bits per heavy atom. The van der Waals surface area contributed by atoms with Crippen molar-refractivity contribution in [3.05, 3.63) is 12.2 Å². The molecule has 0 aromatic rings. The summed E-state index contributed by atoms with van der Waals surface area (Å²) in [4.78, 5) is 9.32. The molecule has 2 heteroatoms. The van der Waals surface area contributed by atoms with Gasteiger partial charge in [0, 0.05) is 0 Å². The van der Waals surface area contributed by atoms with Crippen molar-refractivity contribution in [2.45, 2.75) is 6.92 Å². The Bertz CT molecular complexity index is 47.5. The lowest BCUT2D eigenvalue weighted by atomic mass is 10.6. The highest BCUT2D eigenvalue weighted by Crippen LogP contribution is 1.55. The maximum atomic E-state index is 9.32. The highest BCUT2D eigenvalue weighted by Gasteiger charge is 1.48. The Kier molecular flexibility index (Phi) is 13.3. The number of rotatable bonds is 1. The largest absolute Gasteiger partial charge is 0.299 e. The molecule has 2 nitrogen and oxygen atoms in total. The van der Waals surface area contributed by atoms with Gasteiger partial charge in [-0.15, -0.1) is 0 Å². The molecule has 35 valence electrons. The number of carbonyl (C=O) groups is 1. The van der Waals surface area contributed by atoms with Crippen molar-refractivity contribution in [3.63, 3.8) is 0 Å². The Morgan fingerprint density at radius 3 is 2.00 bits per heavy atom. The SMILES string of the molecule is CC=CC=O.[OH]. The Hall–Kier alpha value is -0.630. The van der Waals surface area contributed by atoms with E-state index in [1.54, 1.807) is 13.0 Å². The minimum Gasteiger partial charge on any atom is -0.299 e. The van der Waals surface area contributed by atoms with Crippen molar-refractivity contribution in [3.8, 4) is 0 Å². The molecule has 0 saturated heterocycles. The summed E-state index contributed by atoms with van der Waals surface area (Å²) >= 11 is 0. The van der Waals surface area contributed by atoms with E-state index < -0.39 is 0 Å². The van der Waals surface area contributed by atoms with Gasteiger partial charge in [-0.3, -0.25) is 10.3 Å². The van der Waals surface area contributed by atoms with Crippen molar-refractivity contribution in [1.82, 2.24) is 0 Å². The van der Waals surface area contributed by atoms with Crippen molar-refractivity contribution in [2.24, 2.45) is 0 Å². The maximum absolute atomic E-state index is 9.32. The van der Waals surface area contributed by atoms with E-state index in [0.29, 0.717) is 0 Å². The van der Waals surface area contributed by atoms with Gasteiger partial charge in [-0.1, -0.05) is 6.08 Å². The summed E-state index contributed by atoms with van der Waals surface area (Å²) in [6.45, 7) is 1.80. The third-order valence-corrected chi connectivity index (χ3v) is 0.271. The number of hydrogen-bond acceptors (Lipinski definition) is 1. The highest BCUT2D eigenvalue weighted by atomic mass is 16.1. The minimum absolute atomic E-state index is 0. The van der Waals surface area contributed by atoms with Gasteiger partial charge in [0.2, 0.25) is 0 Å². The second kappa shape index (κ2) is 8.84. The molecule has 0 unspecified atom stereocenters. The molecular formula is C4H7O2. The molecule has 1 radical (unpaired) electrons. The molecule has 0 aliphatic rings. The molecule has 0 bridgehead atoms. The van der Waals surface area contributed by atoms with Crippen LogP contribution in [0.3, 0.4) is 0 Å². The van der Waals surface area contributed by atoms with Crippen LogP contribution in [0.15, 0.2) is 12.2 Å². The Labute approximate surface area is 36.8 Å². The first-order valence-electron chi connectivity index (χ1n) is 1.48. The average molecular weight is 87.1 g/mol. The van der Waals surface area contributed by atoms with Crippen molar-refractivity contribution in [2.75, 3.05) is 0 Å². The maximum Gasteiger partial charge on any atom is 0.142 e. The smallest absolute Gasteiger partial charge is 0.142 e. The first kappa shape index (κ1) is 9.03. The van der Waals surface area contributed by atoms with E-state index in [0.717, 1.165) is 6.29 Å². The van der Waals surface area contributed by atoms with Crippen molar-refractivity contribution in [1.29, 1.82) is 0 Å². The molecule has 0 fully saturated rings. The standard InChI is InChI=1S/C4H6O.HO/c1-2-3-4-5;/h2-4H,1H3;1H. The van der Waals surface area contributed by atoms with Crippen LogP contribution in [-0.2, 0) is 4.79 Å². The molecule has 1 N–H and O–H groups in total. The van der Waals surface area contributed by atoms with Crippen LogP contribution < -0.4 is 0 Å². The van der Waals surface area contributed by atoms with E-state index >= 15 is 0 Å². The van der Waals surface area contributed by atoms with E-state index in [9.17, 15) is 4.79 Å². The summed E-state index contributed by atoms with van der Waals surface area (Å²) in [7, 11) is 0. The van der Waals surface area contributed by atoms with Crippen LogP contribution in [0.25, 0.3) is 0 Å². The molecular weight excluding hydrogens is 80.0 g/mol. The van der Waals surface area contributed by atoms with Crippen LogP contribution in [0.1, 0.15) is 6.92 Å². The zero-order chi connectivity index (χ0) is 4.12. The zero-order valence-corrected chi connectivity index (χ0v) is 3.59. The van der Waals surface area contributed by atoms with Crippen LogP contribution >= 0.6 is 0 Å². The van der Waals surface area contributed by atoms with Crippen LogP contribution in [0.2, 0.25) is 0 Å². The Morgan fingerprint density at radius 2 is 2.00 bits per heavy atom. The monoisotopic (exact) mass is 87.0 g/mol. The van der Waals surface area contributed by atoms with Gasteiger partial charge in [0.15, 0.2) is 0 Å². The molecule has 0 saturated carbocycles. The summed E-state index contributed by atoms with van der Waals surface area (Å²) in [6.07, 6.45) is 3.88. The second-order valence-electron chi connectivity index (χ2n) is 0.662. The van der Waals surface area contributed by atoms with Crippen LogP contribution in [-0.4, -0.2) is 11.8 Å². The van der Waals surface area contributed by atoms with Gasteiger partial charge in [0.25, 0.3) is 0 Å². The van der Waals surface area contributed by atoms with Crippen molar-refractivity contribution >= 4 is 6.29 Å². The third kappa shape index (κ3) is 10.1. The first-order chi connectivity index (χ1) is 2.41. The highest BCUT2D eigenvalue weighted by molar-refractivity contribution is 5.64. The summed E-state index contributed by atoms with van der Waals surface area (Å²) in [5.41, 5.74) is 0. The minimum atomic E-state index is 0. The topological polar surface area (TPSA) is 47.1 Å². The van der Waals surface area contributed by atoms with Gasteiger partial charge < -0.3 is 0 Å². The summed E-state index contributed by atoms with van der Waals surface area (Å²) < 4.78 is 0. The number of aldehydes is 1. The zero-order valence-electron chi connectivity index (χ0n) is 3.59. The van der Waals surface area contributed by atoms with E-state index in [1.165, 1.54) is 6.08 Å². The first-order valence-corrected chi connectivity index (χ1v) is 1.48. The lowest BCUT2D eigenvalue weighted by Gasteiger charge is -1.51. The third-order valence-electron chi connectivity index (χ3n) is 0.271. The molecule has 0 aromatic carbocycles.